The number of nitrogens with one attached hydrogen (secondary N) is 2. The molecule has 0 spiro atoms. The Morgan fingerprint density at radius 1 is 1.19 bits per heavy atom. The zero-order valence-electron chi connectivity index (χ0n) is 14.3. The second kappa shape index (κ2) is 8.49. The molecule has 0 aromatic heterocycles. The van der Waals surface area contributed by atoms with E-state index in [1.807, 2.05) is 6.07 Å². The summed E-state index contributed by atoms with van der Waals surface area (Å²) in [6.07, 6.45) is 0.800. The van der Waals surface area contributed by atoms with E-state index in [4.69, 9.17) is 21.7 Å². The van der Waals surface area contributed by atoms with Crippen molar-refractivity contribution in [2.24, 2.45) is 5.10 Å². The van der Waals surface area contributed by atoms with Crippen LogP contribution in [-0.4, -0.2) is 40.0 Å². The third kappa shape index (κ3) is 4.33. The predicted octanol–water partition coefficient (Wildman–Crippen LogP) is 2.69. The van der Waals surface area contributed by atoms with Crippen LogP contribution < -0.4 is 24.7 Å². The van der Waals surface area contributed by atoms with Crippen molar-refractivity contribution < 1.29 is 13.9 Å². The molecule has 0 fully saturated rings. The molecular weight excluding hydrogens is 420 g/mol. The molecule has 2 aromatic rings. The minimum atomic E-state index is -0.254. The van der Waals surface area contributed by atoms with Gasteiger partial charge in [0.2, 0.25) is 0 Å². The number of benzene rings is 2. The van der Waals surface area contributed by atoms with Crippen molar-refractivity contribution in [1.29, 1.82) is 0 Å². The number of nitrogens with zero attached hydrogens (tertiary/aromatic N) is 1. The summed E-state index contributed by atoms with van der Waals surface area (Å²) in [6.45, 7) is 0. The van der Waals surface area contributed by atoms with Gasteiger partial charge in [0.05, 0.1) is 0 Å². The molecule has 2 aromatic carbocycles. The van der Waals surface area contributed by atoms with Gasteiger partial charge in [-0.15, -0.1) is 0 Å². The Morgan fingerprint density at radius 2 is 2.04 bits per heavy atom. The standard InChI is InChI=1S/C18H18FN3O2SSe/c1-23-12-4-5-16(24-2)15(10-12)20-18(25)22-21-14-7-8-26-17-6-3-11(19)9-13(14)17/h3-6,9-10H,7-8H2,1-2H3,(H2,20,22,25)/b21-14+. The number of hydrogen-bond donors (Lipinski definition) is 2. The molecule has 0 amide bonds. The minimum absolute atomic E-state index is 0.254. The average Bonchev–Trinajstić information content (AvgIpc) is 2.66. The van der Waals surface area contributed by atoms with E-state index >= 15 is 0 Å². The van der Waals surface area contributed by atoms with Gasteiger partial charge >= 0.3 is 163 Å². The zero-order valence-corrected chi connectivity index (χ0v) is 16.9. The number of methoxy groups -OCH3 is 2. The van der Waals surface area contributed by atoms with Crippen LogP contribution in [0.2, 0.25) is 5.32 Å². The third-order valence-corrected chi connectivity index (χ3v) is 6.25. The number of halogens is 1. The van der Waals surface area contributed by atoms with Crippen molar-refractivity contribution in [1.82, 2.24) is 5.43 Å². The monoisotopic (exact) mass is 439 g/mol. The Balaban J connectivity index is 1.74. The van der Waals surface area contributed by atoms with Crippen LogP contribution in [-0.2, 0) is 0 Å². The molecular formula is C18H18FN3O2SSe. The molecule has 0 aliphatic carbocycles. The SMILES string of the molecule is COc1ccc(OC)c(NC(=S)N/N=C2\CC[Se]c3ccc(F)cc32)c1. The normalized spacial score (nSPS) is 14.5. The topological polar surface area (TPSA) is 54.9 Å². The van der Waals surface area contributed by atoms with E-state index in [9.17, 15) is 4.39 Å². The zero-order chi connectivity index (χ0) is 18.5. The molecule has 8 heteroatoms. The molecule has 2 N–H and O–H groups in total. The van der Waals surface area contributed by atoms with Gasteiger partial charge in [0.25, 0.3) is 0 Å². The van der Waals surface area contributed by atoms with Crippen LogP contribution in [0, 0.1) is 5.82 Å². The molecule has 5 nitrogen and oxygen atoms in total. The molecule has 1 heterocycles. The molecule has 26 heavy (non-hydrogen) atoms. The number of hydrogen-bond acceptors (Lipinski definition) is 4. The summed E-state index contributed by atoms with van der Waals surface area (Å²) in [6, 6.07) is 10.3. The van der Waals surface area contributed by atoms with Crippen LogP contribution in [0.4, 0.5) is 10.1 Å². The van der Waals surface area contributed by atoms with Crippen LogP contribution in [0.3, 0.4) is 0 Å². The number of hydrazone groups is 1. The van der Waals surface area contributed by atoms with Crippen LogP contribution >= 0.6 is 12.2 Å². The number of anilines is 1. The van der Waals surface area contributed by atoms with Crippen LogP contribution in [0.5, 0.6) is 11.5 Å². The Labute approximate surface area is 163 Å². The first-order chi connectivity index (χ1) is 12.6. The van der Waals surface area contributed by atoms with Crippen LogP contribution in [0.15, 0.2) is 41.5 Å². The fourth-order valence-corrected chi connectivity index (χ4v) is 4.82. The molecule has 0 saturated heterocycles. The Morgan fingerprint density at radius 3 is 2.81 bits per heavy atom. The van der Waals surface area contributed by atoms with Gasteiger partial charge in [-0.3, -0.25) is 0 Å². The molecule has 136 valence electrons. The van der Waals surface area contributed by atoms with E-state index in [1.54, 1.807) is 38.5 Å². The van der Waals surface area contributed by atoms with Gasteiger partial charge in [-0.05, 0) is 0 Å². The number of rotatable bonds is 4. The summed E-state index contributed by atoms with van der Waals surface area (Å²) < 4.78 is 25.3. The van der Waals surface area contributed by atoms with Gasteiger partial charge in [0.15, 0.2) is 0 Å². The third-order valence-electron chi connectivity index (χ3n) is 3.80. The van der Waals surface area contributed by atoms with E-state index in [1.165, 1.54) is 10.5 Å². The molecule has 0 atom stereocenters. The first-order valence-electron chi connectivity index (χ1n) is 7.89. The number of thiocarbonyl (C=S) groups is 1. The second-order valence-electron chi connectivity index (χ2n) is 5.43. The molecule has 0 bridgehead atoms. The summed E-state index contributed by atoms with van der Waals surface area (Å²) in [5.41, 5.74) is 5.20. The Kier molecular flexibility index (Phi) is 6.08. The summed E-state index contributed by atoms with van der Waals surface area (Å²) in [5.74, 6) is 1.06. The fraction of sp³-hybridized carbons (Fsp3) is 0.222. The van der Waals surface area contributed by atoms with Gasteiger partial charge in [0, 0.05) is 0 Å². The van der Waals surface area contributed by atoms with Crippen molar-refractivity contribution in [3.8, 4) is 11.5 Å². The van der Waals surface area contributed by atoms with Gasteiger partial charge in [-0.2, -0.15) is 0 Å². The van der Waals surface area contributed by atoms with Gasteiger partial charge in [-0.25, -0.2) is 0 Å². The van der Waals surface area contributed by atoms with Crippen molar-refractivity contribution in [3.63, 3.8) is 0 Å². The summed E-state index contributed by atoms with van der Waals surface area (Å²) in [4.78, 5) is 0. The maximum atomic E-state index is 13.6. The molecule has 0 saturated carbocycles. The van der Waals surface area contributed by atoms with E-state index in [-0.39, 0.29) is 5.82 Å². The molecule has 3 rings (SSSR count). The quantitative estimate of drug-likeness (QED) is 0.437. The summed E-state index contributed by atoms with van der Waals surface area (Å²) in [7, 11) is 3.17. The van der Waals surface area contributed by atoms with Crippen molar-refractivity contribution in [3.05, 3.63) is 47.8 Å². The van der Waals surface area contributed by atoms with E-state index in [2.05, 4.69) is 15.8 Å². The Bertz CT molecular complexity index is 860. The molecule has 0 unspecified atom stereocenters. The Hall–Kier alpha value is -2.15. The van der Waals surface area contributed by atoms with Gasteiger partial charge in [-0.1, -0.05) is 0 Å². The van der Waals surface area contributed by atoms with Crippen LogP contribution in [0.25, 0.3) is 0 Å². The molecule has 1 aliphatic rings. The van der Waals surface area contributed by atoms with Gasteiger partial charge in [0.1, 0.15) is 0 Å². The maximum absolute atomic E-state index is 13.6. The number of ether oxygens (including phenoxy) is 2. The average molecular weight is 438 g/mol. The van der Waals surface area contributed by atoms with Crippen LogP contribution in [0.1, 0.15) is 12.0 Å². The molecule has 0 radical (unpaired) electrons. The van der Waals surface area contributed by atoms with E-state index in [0.29, 0.717) is 37.3 Å². The second-order valence-corrected chi connectivity index (χ2v) is 8.22. The number of fused-ring (bicyclic) bond motifs is 1. The molecule has 1 aliphatic heterocycles. The first kappa shape index (κ1) is 18.6. The summed E-state index contributed by atoms with van der Waals surface area (Å²) >= 11 is 5.68. The van der Waals surface area contributed by atoms with E-state index in [0.717, 1.165) is 23.0 Å². The van der Waals surface area contributed by atoms with Crippen molar-refractivity contribution in [2.45, 2.75) is 11.7 Å². The van der Waals surface area contributed by atoms with Crippen molar-refractivity contribution >= 4 is 48.1 Å². The first-order valence-corrected chi connectivity index (χ1v) is 10.4. The summed E-state index contributed by atoms with van der Waals surface area (Å²) in [5, 5.41) is 8.80. The van der Waals surface area contributed by atoms with Crippen molar-refractivity contribution in [2.75, 3.05) is 19.5 Å². The fourth-order valence-electron chi connectivity index (χ4n) is 2.54. The predicted molar refractivity (Wildman–Crippen MR) is 107 cm³/mol. The van der Waals surface area contributed by atoms with Gasteiger partial charge < -0.3 is 0 Å². The van der Waals surface area contributed by atoms with E-state index < -0.39 is 0 Å².